The molecule has 0 fully saturated rings. The first kappa shape index (κ1) is 18.5. The van der Waals surface area contributed by atoms with E-state index in [0.29, 0.717) is 34.8 Å². The fraction of sp³-hybridized carbons (Fsp3) is 0.211. The maximum absolute atomic E-state index is 13.0. The minimum atomic E-state index is -4.54. The quantitative estimate of drug-likeness (QED) is 0.655. The molecular formula is C19H14ClF3N4O. The van der Waals surface area contributed by atoms with Gasteiger partial charge in [-0.3, -0.25) is 9.78 Å². The van der Waals surface area contributed by atoms with Gasteiger partial charge in [-0.25, -0.2) is 4.98 Å². The van der Waals surface area contributed by atoms with E-state index in [0.717, 1.165) is 16.3 Å². The lowest BCUT2D eigenvalue weighted by Gasteiger charge is -2.28. The lowest BCUT2D eigenvalue weighted by atomic mass is 9.98. The summed E-state index contributed by atoms with van der Waals surface area (Å²) in [6.45, 7) is 0.389. The number of amides is 1. The minimum Gasteiger partial charge on any atom is -0.323 e. The average molecular weight is 407 g/mol. The van der Waals surface area contributed by atoms with E-state index in [1.54, 1.807) is 29.2 Å². The minimum absolute atomic E-state index is 0.0517. The van der Waals surface area contributed by atoms with Gasteiger partial charge in [0, 0.05) is 35.7 Å². The summed E-state index contributed by atoms with van der Waals surface area (Å²) in [7, 11) is 0. The number of imidazole rings is 1. The number of rotatable bonds is 3. The molecule has 0 aliphatic carbocycles. The van der Waals surface area contributed by atoms with Crippen LogP contribution in [-0.4, -0.2) is 27.0 Å². The molecule has 28 heavy (non-hydrogen) atoms. The van der Waals surface area contributed by atoms with Crippen molar-refractivity contribution >= 4 is 23.2 Å². The third-order valence-electron chi connectivity index (χ3n) is 4.56. The first-order chi connectivity index (χ1) is 13.3. The van der Waals surface area contributed by atoms with Gasteiger partial charge in [-0.2, -0.15) is 13.2 Å². The summed E-state index contributed by atoms with van der Waals surface area (Å²) in [5, 5.41) is 0.574. The van der Waals surface area contributed by atoms with Gasteiger partial charge in [-0.1, -0.05) is 11.6 Å². The molecule has 144 valence electrons. The molecule has 5 nitrogen and oxygen atoms in total. The van der Waals surface area contributed by atoms with Crippen LogP contribution >= 0.6 is 11.6 Å². The fourth-order valence-electron chi connectivity index (χ4n) is 3.30. The molecule has 9 heteroatoms. The maximum atomic E-state index is 13.0. The Morgan fingerprint density at radius 3 is 2.79 bits per heavy atom. The van der Waals surface area contributed by atoms with Crippen LogP contribution in [0, 0.1) is 0 Å². The molecule has 1 aromatic carbocycles. The summed E-state index contributed by atoms with van der Waals surface area (Å²) >= 11 is 5.99. The topological polar surface area (TPSA) is 51.0 Å². The Kier molecular flexibility index (Phi) is 4.58. The highest BCUT2D eigenvalue weighted by Gasteiger charge is 2.36. The van der Waals surface area contributed by atoms with Gasteiger partial charge in [0.15, 0.2) is 0 Å². The van der Waals surface area contributed by atoms with E-state index in [2.05, 4.69) is 9.97 Å². The second-order valence-electron chi connectivity index (χ2n) is 6.44. The maximum Gasteiger partial charge on any atom is 0.449 e. The van der Waals surface area contributed by atoms with Crippen LogP contribution in [0.25, 0.3) is 0 Å². The molecule has 4 rings (SSSR count). The molecule has 2 aromatic heterocycles. The zero-order chi connectivity index (χ0) is 19.9. The SMILES string of the molecule is O=C1c2ccc(Cl)cc2CCN1c1cncc(Cn2ccnc2C(F)(F)F)c1. The average Bonchev–Trinajstić information content (AvgIpc) is 3.10. The van der Waals surface area contributed by atoms with Crippen molar-refractivity contribution in [3.63, 3.8) is 0 Å². The third kappa shape index (κ3) is 3.47. The zero-order valence-electron chi connectivity index (χ0n) is 14.4. The molecule has 1 aliphatic heterocycles. The van der Waals surface area contributed by atoms with Gasteiger partial charge in [0.1, 0.15) is 0 Å². The monoisotopic (exact) mass is 406 g/mol. The number of hydrogen-bond donors (Lipinski definition) is 0. The van der Waals surface area contributed by atoms with Gasteiger partial charge in [-0.05, 0) is 41.8 Å². The smallest absolute Gasteiger partial charge is 0.323 e. The molecule has 3 aromatic rings. The van der Waals surface area contributed by atoms with Crippen LogP contribution in [0.1, 0.15) is 27.3 Å². The molecule has 0 unspecified atom stereocenters. The summed E-state index contributed by atoms with van der Waals surface area (Å²) in [5.41, 5.74) is 2.52. The Bertz CT molecular complexity index is 1050. The van der Waals surface area contributed by atoms with Crippen molar-refractivity contribution in [2.45, 2.75) is 19.1 Å². The van der Waals surface area contributed by atoms with Crippen molar-refractivity contribution in [1.82, 2.24) is 14.5 Å². The molecule has 0 saturated heterocycles. The molecule has 1 amide bonds. The van der Waals surface area contributed by atoms with E-state index in [4.69, 9.17) is 11.6 Å². The normalized spacial score (nSPS) is 14.3. The van der Waals surface area contributed by atoms with Crippen LogP contribution in [0.4, 0.5) is 18.9 Å². The highest BCUT2D eigenvalue weighted by molar-refractivity contribution is 6.30. The largest absolute Gasteiger partial charge is 0.449 e. The fourth-order valence-corrected chi connectivity index (χ4v) is 3.50. The number of nitrogens with zero attached hydrogens (tertiary/aromatic N) is 4. The highest BCUT2D eigenvalue weighted by atomic mass is 35.5. The van der Waals surface area contributed by atoms with Crippen LogP contribution in [-0.2, 0) is 19.1 Å². The Labute approximate surface area is 163 Å². The van der Waals surface area contributed by atoms with Gasteiger partial charge in [0.05, 0.1) is 18.4 Å². The first-order valence-electron chi connectivity index (χ1n) is 8.45. The van der Waals surface area contributed by atoms with Gasteiger partial charge in [0.25, 0.3) is 5.91 Å². The second kappa shape index (κ2) is 6.94. The van der Waals surface area contributed by atoms with E-state index < -0.39 is 12.0 Å². The number of fused-ring (bicyclic) bond motifs is 1. The van der Waals surface area contributed by atoms with Gasteiger partial charge in [-0.15, -0.1) is 0 Å². The zero-order valence-corrected chi connectivity index (χ0v) is 15.2. The molecule has 0 spiro atoms. The molecule has 0 atom stereocenters. The summed E-state index contributed by atoms with van der Waals surface area (Å²) in [4.78, 5) is 21.9. The number of pyridine rings is 1. The molecule has 0 saturated carbocycles. The van der Waals surface area contributed by atoms with Crippen LogP contribution in [0.3, 0.4) is 0 Å². The van der Waals surface area contributed by atoms with E-state index in [1.807, 2.05) is 0 Å². The predicted octanol–water partition coefficient (Wildman–Crippen LogP) is 4.20. The Morgan fingerprint density at radius 1 is 1.18 bits per heavy atom. The van der Waals surface area contributed by atoms with Crippen LogP contribution in [0.15, 0.2) is 49.1 Å². The van der Waals surface area contributed by atoms with Crippen molar-refractivity contribution in [3.8, 4) is 0 Å². The highest BCUT2D eigenvalue weighted by Crippen LogP contribution is 2.29. The van der Waals surface area contributed by atoms with Crippen LogP contribution < -0.4 is 4.90 Å². The van der Waals surface area contributed by atoms with E-state index >= 15 is 0 Å². The van der Waals surface area contributed by atoms with Gasteiger partial charge < -0.3 is 9.47 Å². The molecule has 1 aliphatic rings. The Morgan fingerprint density at radius 2 is 2.00 bits per heavy atom. The number of hydrogen-bond acceptors (Lipinski definition) is 3. The van der Waals surface area contributed by atoms with Crippen LogP contribution in [0.5, 0.6) is 0 Å². The van der Waals surface area contributed by atoms with E-state index in [-0.39, 0.29) is 12.5 Å². The Hall–Kier alpha value is -2.87. The Balaban J connectivity index is 1.61. The first-order valence-corrected chi connectivity index (χ1v) is 8.83. The van der Waals surface area contributed by atoms with Crippen molar-refractivity contribution in [2.75, 3.05) is 11.4 Å². The number of carbonyl (C=O) groups excluding carboxylic acids is 1. The standard InChI is InChI=1S/C19H14ClF3N4O/c20-14-1-2-16-13(8-14)3-5-27(17(16)28)15-7-12(9-24-10-15)11-26-6-4-25-18(26)19(21,22)23/h1-2,4,6-10H,3,5,11H2. The summed E-state index contributed by atoms with van der Waals surface area (Å²) in [5.74, 6) is -1.16. The van der Waals surface area contributed by atoms with Gasteiger partial charge in [0.2, 0.25) is 5.82 Å². The summed E-state index contributed by atoms with van der Waals surface area (Å²) < 4.78 is 40.1. The van der Waals surface area contributed by atoms with Crippen molar-refractivity contribution < 1.29 is 18.0 Å². The number of anilines is 1. The summed E-state index contributed by atoms with van der Waals surface area (Å²) in [6, 6.07) is 6.79. The molecule has 0 bridgehead atoms. The van der Waals surface area contributed by atoms with Crippen molar-refractivity contribution in [1.29, 1.82) is 0 Å². The number of carbonyl (C=O) groups is 1. The van der Waals surface area contributed by atoms with Gasteiger partial charge >= 0.3 is 6.18 Å². The predicted molar refractivity (Wildman–Crippen MR) is 97.4 cm³/mol. The lowest BCUT2D eigenvalue weighted by Crippen LogP contribution is -2.37. The molecular weight excluding hydrogens is 393 g/mol. The molecule has 0 N–H and O–H groups in total. The van der Waals surface area contributed by atoms with E-state index in [1.165, 1.54) is 18.6 Å². The number of aromatic nitrogens is 3. The van der Waals surface area contributed by atoms with Crippen LogP contribution in [0.2, 0.25) is 5.02 Å². The number of benzene rings is 1. The molecule has 3 heterocycles. The van der Waals surface area contributed by atoms with Crippen molar-refractivity contribution in [3.05, 3.63) is 76.6 Å². The second-order valence-corrected chi connectivity index (χ2v) is 6.87. The number of alkyl halides is 3. The van der Waals surface area contributed by atoms with E-state index in [9.17, 15) is 18.0 Å². The molecule has 0 radical (unpaired) electrons. The lowest BCUT2D eigenvalue weighted by molar-refractivity contribution is -0.147. The third-order valence-corrected chi connectivity index (χ3v) is 4.80. The van der Waals surface area contributed by atoms with Crippen molar-refractivity contribution in [2.24, 2.45) is 0 Å². The number of halogens is 4. The summed E-state index contributed by atoms with van der Waals surface area (Å²) in [6.07, 6.45) is 1.47.